The van der Waals surface area contributed by atoms with Crippen LogP contribution in [0.3, 0.4) is 0 Å². The summed E-state index contributed by atoms with van der Waals surface area (Å²) in [5, 5.41) is 36.0. The summed E-state index contributed by atoms with van der Waals surface area (Å²) < 4.78 is 0. The van der Waals surface area contributed by atoms with E-state index >= 15 is 0 Å². The van der Waals surface area contributed by atoms with Crippen LogP contribution in [-0.4, -0.2) is 45.8 Å². The van der Waals surface area contributed by atoms with E-state index in [4.69, 9.17) is 10.2 Å². The molecule has 0 unspecified atom stereocenters. The molecule has 13 heavy (non-hydrogen) atoms. The van der Waals surface area contributed by atoms with Crippen molar-refractivity contribution in [3.8, 4) is 0 Å². The van der Waals surface area contributed by atoms with Gasteiger partial charge in [0.15, 0.2) is 0 Å². The first-order valence-corrected chi connectivity index (χ1v) is 4.71. The first kappa shape index (κ1) is 12.8. The van der Waals surface area contributed by atoms with E-state index in [9.17, 15) is 10.2 Å². The lowest BCUT2D eigenvalue weighted by molar-refractivity contribution is 0.00379. The molecule has 0 saturated heterocycles. The fraction of sp³-hybridized carbons (Fsp3) is 1.00. The maximum absolute atomic E-state index is 9.49. The predicted molar refractivity (Wildman–Crippen MR) is 49.2 cm³/mol. The van der Waals surface area contributed by atoms with E-state index in [1.54, 1.807) is 6.92 Å². The van der Waals surface area contributed by atoms with E-state index in [1.807, 2.05) is 0 Å². The Bertz CT molecular complexity index is 118. The van der Waals surface area contributed by atoms with Crippen LogP contribution in [-0.2, 0) is 0 Å². The predicted octanol–water partition coefficient (Wildman–Crippen LogP) is -0.501. The highest BCUT2D eigenvalue weighted by Gasteiger charge is 2.21. The molecule has 0 rings (SSSR count). The molecule has 0 saturated carbocycles. The Labute approximate surface area is 78.8 Å². The molecule has 0 heterocycles. The van der Waals surface area contributed by atoms with Crippen molar-refractivity contribution in [1.82, 2.24) is 0 Å². The normalized spacial score (nSPS) is 18.2. The summed E-state index contributed by atoms with van der Waals surface area (Å²) in [6, 6.07) is 0. The number of aliphatic hydroxyl groups is 4. The van der Waals surface area contributed by atoms with Crippen molar-refractivity contribution in [3.05, 3.63) is 0 Å². The minimum absolute atomic E-state index is 0.0554. The summed E-state index contributed by atoms with van der Waals surface area (Å²) in [6.07, 6.45) is 0.0434. The van der Waals surface area contributed by atoms with Crippen molar-refractivity contribution in [3.63, 3.8) is 0 Å². The van der Waals surface area contributed by atoms with Crippen LogP contribution < -0.4 is 0 Å². The van der Waals surface area contributed by atoms with Gasteiger partial charge in [0.2, 0.25) is 0 Å². The van der Waals surface area contributed by atoms with Crippen LogP contribution in [0, 0.1) is 5.92 Å². The SMILES string of the molecule is C[C@H]([C@H](O)CCCO)[C@@H](O)CCO. The first-order valence-electron chi connectivity index (χ1n) is 4.71. The third-order valence-corrected chi connectivity index (χ3v) is 2.30. The Kier molecular flexibility index (Phi) is 7.17. The standard InChI is InChI=1S/C9H20O4/c1-7(9(13)4-6-11)8(12)3-2-5-10/h7-13H,2-6H2,1H3/t7-,8-,9+/m1/s1. The summed E-state index contributed by atoms with van der Waals surface area (Å²) >= 11 is 0. The van der Waals surface area contributed by atoms with Gasteiger partial charge in [-0.05, 0) is 19.3 Å². The van der Waals surface area contributed by atoms with E-state index in [0.29, 0.717) is 12.8 Å². The highest BCUT2D eigenvalue weighted by molar-refractivity contribution is 4.72. The number of rotatable bonds is 7. The highest BCUT2D eigenvalue weighted by atomic mass is 16.3. The van der Waals surface area contributed by atoms with Crippen LogP contribution in [0.2, 0.25) is 0 Å². The molecule has 3 atom stereocenters. The maximum atomic E-state index is 9.49. The van der Waals surface area contributed by atoms with Gasteiger partial charge >= 0.3 is 0 Å². The summed E-state index contributed by atoms with van der Waals surface area (Å²) in [5.41, 5.74) is 0. The summed E-state index contributed by atoms with van der Waals surface area (Å²) in [5.74, 6) is -0.251. The number of aliphatic hydroxyl groups excluding tert-OH is 4. The average molecular weight is 192 g/mol. The summed E-state index contributed by atoms with van der Waals surface area (Å²) in [4.78, 5) is 0. The quantitative estimate of drug-likeness (QED) is 0.438. The molecule has 0 spiro atoms. The zero-order valence-corrected chi connectivity index (χ0v) is 8.06. The molecule has 4 N–H and O–H groups in total. The average Bonchev–Trinajstić information content (AvgIpc) is 2.13. The van der Waals surface area contributed by atoms with Crippen molar-refractivity contribution in [2.75, 3.05) is 13.2 Å². The van der Waals surface area contributed by atoms with Crippen LogP contribution in [0.5, 0.6) is 0 Å². The van der Waals surface area contributed by atoms with Gasteiger partial charge in [-0.2, -0.15) is 0 Å². The Morgan fingerprint density at radius 3 is 1.92 bits per heavy atom. The molecule has 4 nitrogen and oxygen atoms in total. The molecule has 0 amide bonds. The second-order valence-corrected chi connectivity index (χ2v) is 3.37. The van der Waals surface area contributed by atoms with Crippen molar-refractivity contribution in [2.24, 2.45) is 5.92 Å². The van der Waals surface area contributed by atoms with Gasteiger partial charge in [0.25, 0.3) is 0 Å². The van der Waals surface area contributed by atoms with E-state index in [2.05, 4.69) is 0 Å². The molecule has 80 valence electrons. The van der Waals surface area contributed by atoms with Crippen LogP contribution in [0.1, 0.15) is 26.2 Å². The van der Waals surface area contributed by atoms with E-state index in [0.717, 1.165) is 0 Å². The van der Waals surface area contributed by atoms with Crippen molar-refractivity contribution >= 4 is 0 Å². The molecule has 0 bridgehead atoms. The van der Waals surface area contributed by atoms with Crippen molar-refractivity contribution < 1.29 is 20.4 Å². The lowest BCUT2D eigenvalue weighted by atomic mass is 9.93. The van der Waals surface area contributed by atoms with Gasteiger partial charge in [-0.25, -0.2) is 0 Å². The van der Waals surface area contributed by atoms with E-state index in [-0.39, 0.29) is 25.6 Å². The minimum atomic E-state index is -0.668. The van der Waals surface area contributed by atoms with Gasteiger partial charge in [0.05, 0.1) is 12.2 Å². The maximum Gasteiger partial charge on any atom is 0.0612 e. The van der Waals surface area contributed by atoms with Gasteiger partial charge in [-0.3, -0.25) is 0 Å². The van der Waals surface area contributed by atoms with Crippen LogP contribution in [0.25, 0.3) is 0 Å². The second-order valence-electron chi connectivity index (χ2n) is 3.37. The topological polar surface area (TPSA) is 80.9 Å². The largest absolute Gasteiger partial charge is 0.396 e. The summed E-state index contributed by atoms with van der Waals surface area (Å²) in [6.45, 7) is 1.72. The van der Waals surface area contributed by atoms with E-state index < -0.39 is 12.2 Å². The molecule has 0 fully saturated rings. The molecule has 0 aliphatic heterocycles. The van der Waals surface area contributed by atoms with Crippen molar-refractivity contribution in [2.45, 2.75) is 38.4 Å². The molecular weight excluding hydrogens is 172 g/mol. The molecule has 4 heteroatoms. The summed E-state index contributed by atoms with van der Waals surface area (Å²) in [7, 11) is 0. The Hall–Kier alpha value is -0.160. The molecule has 0 radical (unpaired) electrons. The van der Waals surface area contributed by atoms with E-state index in [1.165, 1.54) is 0 Å². The first-order chi connectivity index (χ1) is 6.13. The van der Waals surface area contributed by atoms with Crippen LogP contribution >= 0.6 is 0 Å². The molecule has 0 aliphatic rings. The van der Waals surface area contributed by atoms with Gasteiger partial charge in [-0.1, -0.05) is 6.92 Å². The second kappa shape index (κ2) is 7.26. The Morgan fingerprint density at radius 2 is 1.46 bits per heavy atom. The molecule has 0 aromatic carbocycles. The number of hydrogen-bond acceptors (Lipinski definition) is 4. The number of hydrogen-bond donors (Lipinski definition) is 4. The van der Waals surface area contributed by atoms with Gasteiger partial charge < -0.3 is 20.4 Å². The highest BCUT2D eigenvalue weighted by Crippen LogP contribution is 2.15. The lowest BCUT2D eigenvalue weighted by Crippen LogP contribution is -2.30. The molecular formula is C9H20O4. The molecule has 0 aromatic heterocycles. The van der Waals surface area contributed by atoms with Gasteiger partial charge in [0.1, 0.15) is 0 Å². The Balaban J connectivity index is 3.71. The van der Waals surface area contributed by atoms with Crippen LogP contribution in [0.15, 0.2) is 0 Å². The van der Waals surface area contributed by atoms with Crippen molar-refractivity contribution in [1.29, 1.82) is 0 Å². The van der Waals surface area contributed by atoms with Gasteiger partial charge in [0, 0.05) is 19.1 Å². The van der Waals surface area contributed by atoms with Gasteiger partial charge in [-0.15, -0.1) is 0 Å². The van der Waals surface area contributed by atoms with Crippen LogP contribution in [0.4, 0.5) is 0 Å². The molecule has 0 aliphatic carbocycles. The lowest BCUT2D eigenvalue weighted by Gasteiger charge is -2.23. The Morgan fingerprint density at radius 1 is 0.923 bits per heavy atom. The zero-order chi connectivity index (χ0) is 10.3. The monoisotopic (exact) mass is 192 g/mol. The molecule has 0 aromatic rings. The zero-order valence-electron chi connectivity index (χ0n) is 8.06. The third-order valence-electron chi connectivity index (χ3n) is 2.30. The fourth-order valence-electron chi connectivity index (χ4n) is 1.21. The smallest absolute Gasteiger partial charge is 0.0612 e. The third kappa shape index (κ3) is 5.21. The minimum Gasteiger partial charge on any atom is -0.396 e. The fourth-order valence-corrected chi connectivity index (χ4v) is 1.21.